The van der Waals surface area contributed by atoms with Crippen LogP contribution in [-0.2, 0) is 0 Å². The van der Waals surface area contributed by atoms with Gasteiger partial charge in [0.25, 0.3) is 0 Å². The molecule has 1 aliphatic heterocycles. The summed E-state index contributed by atoms with van der Waals surface area (Å²) in [5.74, 6) is 0. The van der Waals surface area contributed by atoms with Gasteiger partial charge in [-0.05, 0) is 0 Å². The predicted octanol–water partition coefficient (Wildman–Crippen LogP) is 1.19. The molecule has 0 aliphatic carbocycles. The van der Waals surface area contributed by atoms with Gasteiger partial charge in [-0.1, -0.05) is 0 Å². The fraction of sp³-hybridized carbons (Fsp3) is 0.200. The Morgan fingerprint density at radius 2 is 2.33 bits per heavy atom. The minimum atomic E-state index is 0.340. The third-order valence-electron chi connectivity index (χ3n) is 0.697. The molecular formula is C5H6Ge. The van der Waals surface area contributed by atoms with E-state index in [4.69, 9.17) is 0 Å². The van der Waals surface area contributed by atoms with Crippen LogP contribution in [0.15, 0.2) is 23.1 Å². The van der Waals surface area contributed by atoms with Gasteiger partial charge in [-0.2, -0.15) is 0 Å². The summed E-state index contributed by atoms with van der Waals surface area (Å²) < 4.78 is 0. The van der Waals surface area contributed by atoms with Gasteiger partial charge in [0, 0.05) is 0 Å². The third kappa shape index (κ3) is 1.01. The van der Waals surface area contributed by atoms with Crippen LogP contribution in [0.5, 0.6) is 0 Å². The van der Waals surface area contributed by atoms with E-state index in [0.717, 1.165) is 0 Å². The van der Waals surface area contributed by atoms with Crippen LogP contribution in [0.1, 0.15) is 0 Å². The van der Waals surface area contributed by atoms with Gasteiger partial charge in [0.05, 0.1) is 0 Å². The molecule has 0 spiro atoms. The normalized spacial score (nSPS) is 18.7. The molecule has 0 nitrogen and oxygen atoms in total. The molecule has 0 atom stereocenters. The van der Waals surface area contributed by atoms with Gasteiger partial charge >= 0.3 is 43.8 Å². The summed E-state index contributed by atoms with van der Waals surface area (Å²) in [6.07, 6.45) is 6.50. The summed E-state index contributed by atoms with van der Waals surface area (Å²) >= 11 is 0.340. The second-order valence-corrected chi connectivity index (χ2v) is 3.61. The van der Waals surface area contributed by atoms with E-state index >= 15 is 0 Å². The van der Waals surface area contributed by atoms with Crippen molar-refractivity contribution in [2.75, 3.05) is 0 Å². The van der Waals surface area contributed by atoms with Gasteiger partial charge < -0.3 is 0 Å². The number of rotatable bonds is 0. The van der Waals surface area contributed by atoms with E-state index in [0.29, 0.717) is 15.4 Å². The van der Waals surface area contributed by atoms with Crippen molar-refractivity contribution in [2.24, 2.45) is 0 Å². The molecule has 1 heteroatoms. The molecule has 0 amide bonds. The summed E-state index contributed by atoms with van der Waals surface area (Å²) in [4.78, 5) is 2.31. The quantitative estimate of drug-likeness (QED) is 0.442. The first-order chi connectivity index (χ1) is 3.00. The standard InChI is InChI=1S/C5H6Ge/c1-2-4-6-5-3-1/h1-4H,5H2. The zero-order valence-electron chi connectivity index (χ0n) is 3.52. The van der Waals surface area contributed by atoms with Gasteiger partial charge in [-0.3, -0.25) is 0 Å². The molecule has 0 aromatic rings. The Morgan fingerprint density at radius 3 is 2.50 bits per heavy atom. The van der Waals surface area contributed by atoms with Crippen molar-refractivity contribution in [2.45, 2.75) is 5.25 Å². The Balaban J connectivity index is 2.46. The van der Waals surface area contributed by atoms with Crippen molar-refractivity contribution in [3.05, 3.63) is 23.1 Å². The molecule has 0 fully saturated rings. The first-order valence-corrected chi connectivity index (χ1v) is 4.75. The van der Waals surface area contributed by atoms with E-state index in [1.165, 1.54) is 5.25 Å². The second-order valence-electron chi connectivity index (χ2n) is 1.20. The Bertz CT molecular complexity index is 69.9. The Hall–Kier alpha value is 0.0229. The predicted molar refractivity (Wildman–Crippen MR) is 28.8 cm³/mol. The zero-order valence-corrected chi connectivity index (χ0v) is 5.61. The third-order valence-corrected chi connectivity index (χ3v) is 2.58. The van der Waals surface area contributed by atoms with E-state index < -0.39 is 0 Å². The summed E-state index contributed by atoms with van der Waals surface area (Å²) in [5, 5.41) is 1.36. The number of allylic oxidation sites excluding steroid dienone is 3. The van der Waals surface area contributed by atoms with Crippen molar-refractivity contribution in [1.29, 1.82) is 0 Å². The van der Waals surface area contributed by atoms with Crippen LogP contribution in [0.4, 0.5) is 0 Å². The first-order valence-electron chi connectivity index (χ1n) is 2.05. The number of hydrogen-bond acceptors (Lipinski definition) is 0. The Labute approximate surface area is 44.4 Å². The van der Waals surface area contributed by atoms with Gasteiger partial charge in [0.2, 0.25) is 0 Å². The summed E-state index contributed by atoms with van der Waals surface area (Å²) in [6.45, 7) is 0. The molecule has 0 saturated heterocycles. The summed E-state index contributed by atoms with van der Waals surface area (Å²) in [6, 6.07) is 0. The zero-order chi connectivity index (χ0) is 4.24. The maximum atomic E-state index is 2.31. The molecule has 30 valence electrons. The van der Waals surface area contributed by atoms with Crippen LogP contribution in [0.25, 0.3) is 0 Å². The second kappa shape index (κ2) is 2.24. The van der Waals surface area contributed by atoms with Crippen molar-refractivity contribution in [1.82, 2.24) is 0 Å². The average molecular weight is 139 g/mol. The van der Waals surface area contributed by atoms with Crippen LogP contribution >= 0.6 is 0 Å². The minimum absolute atomic E-state index is 0.340. The average Bonchev–Trinajstić information content (AvgIpc) is 1.72. The van der Waals surface area contributed by atoms with Crippen molar-refractivity contribution < 1.29 is 0 Å². The molecule has 1 rings (SSSR count). The van der Waals surface area contributed by atoms with Gasteiger partial charge in [0.15, 0.2) is 0 Å². The van der Waals surface area contributed by atoms with Crippen LogP contribution in [0, 0.1) is 0 Å². The number of hydrogen-bond donors (Lipinski definition) is 0. The van der Waals surface area contributed by atoms with Crippen LogP contribution in [-0.4, -0.2) is 15.4 Å². The summed E-state index contributed by atoms with van der Waals surface area (Å²) in [5.41, 5.74) is 0. The van der Waals surface area contributed by atoms with Crippen LogP contribution in [0.3, 0.4) is 0 Å². The van der Waals surface area contributed by atoms with Crippen molar-refractivity contribution in [3.63, 3.8) is 0 Å². The fourth-order valence-electron chi connectivity index (χ4n) is 0.406. The molecule has 0 N–H and O–H groups in total. The van der Waals surface area contributed by atoms with E-state index in [2.05, 4.69) is 23.1 Å². The van der Waals surface area contributed by atoms with Crippen LogP contribution in [0.2, 0.25) is 5.25 Å². The van der Waals surface area contributed by atoms with Gasteiger partial charge in [-0.15, -0.1) is 0 Å². The molecule has 0 bridgehead atoms. The van der Waals surface area contributed by atoms with E-state index in [-0.39, 0.29) is 0 Å². The van der Waals surface area contributed by atoms with E-state index in [9.17, 15) is 0 Å². The SMILES string of the molecule is C1=C[CH2][Ge][CH]=C1. The van der Waals surface area contributed by atoms with Gasteiger partial charge in [-0.25, -0.2) is 0 Å². The summed E-state index contributed by atoms with van der Waals surface area (Å²) in [7, 11) is 0. The molecule has 6 heavy (non-hydrogen) atoms. The Kier molecular flexibility index (Phi) is 1.56. The van der Waals surface area contributed by atoms with Crippen molar-refractivity contribution in [3.8, 4) is 0 Å². The molecule has 1 heterocycles. The molecule has 2 radical (unpaired) electrons. The fourth-order valence-corrected chi connectivity index (χ4v) is 1.78. The topological polar surface area (TPSA) is 0 Å². The maximum absolute atomic E-state index is 2.31. The first kappa shape index (κ1) is 4.19. The molecule has 0 saturated carbocycles. The van der Waals surface area contributed by atoms with E-state index in [1.54, 1.807) is 0 Å². The molecule has 0 aromatic heterocycles. The van der Waals surface area contributed by atoms with Gasteiger partial charge in [0.1, 0.15) is 0 Å². The Morgan fingerprint density at radius 1 is 1.33 bits per heavy atom. The van der Waals surface area contributed by atoms with E-state index in [1.807, 2.05) is 0 Å². The molecule has 0 aromatic carbocycles. The van der Waals surface area contributed by atoms with Crippen molar-refractivity contribution >= 4 is 15.4 Å². The molecular weight excluding hydrogens is 133 g/mol. The monoisotopic (exact) mass is 140 g/mol. The molecule has 0 unspecified atom stereocenters. The van der Waals surface area contributed by atoms with Crippen LogP contribution < -0.4 is 0 Å². The molecule has 1 aliphatic rings.